The second kappa shape index (κ2) is 6.76. The van der Waals surface area contributed by atoms with Crippen molar-refractivity contribution in [3.8, 4) is 0 Å². The minimum absolute atomic E-state index is 0.254. The molecular formula is C17H16F3N3S. The molecule has 1 aromatic carbocycles. The molecule has 3 nitrogen and oxygen atoms in total. The molecule has 24 heavy (non-hydrogen) atoms. The van der Waals surface area contributed by atoms with Crippen molar-refractivity contribution in [1.29, 1.82) is 0 Å². The number of aromatic nitrogens is 2. The number of benzene rings is 1. The number of nitrogens with one attached hydrogen (secondary N) is 1. The maximum atomic E-state index is 13.0. The summed E-state index contributed by atoms with van der Waals surface area (Å²) >= 11 is 1.24. The second-order valence-corrected chi connectivity index (χ2v) is 6.72. The summed E-state index contributed by atoms with van der Waals surface area (Å²) in [7, 11) is 0. The van der Waals surface area contributed by atoms with Gasteiger partial charge in [0.05, 0.1) is 5.39 Å². The second-order valence-electron chi connectivity index (χ2n) is 5.49. The Morgan fingerprint density at radius 3 is 2.58 bits per heavy atom. The van der Waals surface area contributed by atoms with Crippen LogP contribution in [0.15, 0.2) is 36.4 Å². The summed E-state index contributed by atoms with van der Waals surface area (Å²) in [5.74, 6) is -0.841. The molecule has 0 aliphatic rings. The van der Waals surface area contributed by atoms with Gasteiger partial charge in [0.15, 0.2) is 0 Å². The van der Waals surface area contributed by atoms with E-state index >= 15 is 0 Å². The first-order valence-electron chi connectivity index (χ1n) is 7.56. The van der Waals surface area contributed by atoms with E-state index in [2.05, 4.69) is 15.3 Å². The third-order valence-corrected chi connectivity index (χ3v) is 4.49. The number of nitrogens with zero attached hydrogens (tertiary/aromatic N) is 2. The maximum absolute atomic E-state index is 13.0. The molecule has 0 bridgehead atoms. The van der Waals surface area contributed by atoms with E-state index in [-0.39, 0.29) is 5.82 Å². The van der Waals surface area contributed by atoms with Gasteiger partial charge in [-0.1, -0.05) is 30.3 Å². The molecule has 0 spiro atoms. The van der Waals surface area contributed by atoms with Crippen LogP contribution in [0.1, 0.15) is 22.7 Å². The fraction of sp³-hybridized carbons (Fsp3) is 0.294. The molecule has 2 aromatic heterocycles. The molecule has 0 atom stereocenters. The third kappa shape index (κ3) is 3.84. The van der Waals surface area contributed by atoms with E-state index < -0.39 is 12.0 Å². The first kappa shape index (κ1) is 16.7. The van der Waals surface area contributed by atoms with Gasteiger partial charge in [-0.2, -0.15) is 13.2 Å². The van der Waals surface area contributed by atoms with Gasteiger partial charge >= 0.3 is 6.18 Å². The molecular weight excluding hydrogens is 335 g/mol. The topological polar surface area (TPSA) is 37.8 Å². The van der Waals surface area contributed by atoms with Gasteiger partial charge in [0, 0.05) is 11.4 Å². The fourth-order valence-electron chi connectivity index (χ4n) is 2.45. The standard InChI is InChI=1S/C17H16F3N3S/c1-11-10-13-14(21-9-5-8-12-6-3-2-4-7-12)22-16(17(18,19)20)23-15(13)24-11/h2-4,6-7,10H,5,8-9H2,1H3,(H,21,22,23). The van der Waals surface area contributed by atoms with Crippen LogP contribution in [-0.2, 0) is 12.6 Å². The van der Waals surface area contributed by atoms with Gasteiger partial charge in [0.2, 0.25) is 5.82 Å². The molecule has 7 heteroatoms. The molecule has 3 rings (SSSR count). The highest BCUT2D eigenvalue weighted by molar-refractivity contribution is 7.18. The minimum Gasteiger partial charge on any atom is -0.369 e. The van der Waals surface area contributed by atoms with Crippen molar-refractivity contribution in [2.45, 2.75) is 25.9 Å². The van der Waals surface area contributed by atoms with Crippen LogP contribution in [-0.4, -0.2) is 16.5 Å². The van der Waals surface area contributed by atoms with Crippen LogP contribution in [0.4, 0.5) is 19.0 Å². The predicted molar refractivity (Wildman–Crippen MR) is 90.4 cm³/mol. The van der Waals surface area contributed by atoms with E-state index in [0.29, 0.717) is 16.8 Å². The van der Waals surface area contributed by atoms with Gasteiger partial charge in [0.1, 0.15) is 10.6 Å². The lowest BCUT2D eigenvalue weighted by molar-refractivity contribution is -0.144. The quantitative estimate of drug-likeness (QED) is 0.653. The fourth-order valence-corrected chi connectivity index (χ4v) is 3.33. The first-order valence-corrected chi connectivity index (χ1v) is 8.38. The normalized spacial score (nSPS) is 11.8. The largest absolute Gasteiger partial charge is 0.451 e. The zero-order valence-corrected chi connectivity index (χ0v) is 13.8. The van der Waals surface area contributed by atoms with Gasteiger partial charge in [-0.15, -0.1) is 11.3 Å². The number of anilines is 1. The van der Waals surface area contributed by atoms with Gasteiger partial charge in [-0.25, -0.2) is 9.97 Å². The molecule has 0 fully saturated rings. The average molecular weight is 351 g/mol. The lowest BCUT2D eigenvalue weighted by Gasteiger charge is -2.10. The Kier molecular flexibility index (Phi) is 4.71. The van der Waals surface area contributed by atoms with Crippen molar-refractivity contribution >= 4 is 27.4 Å². The number of hydrogen-bond acceptors (Lipinski definition) is 4. The number of rotatable bonds is 5. The van der Waals surface area contributed by atoms with Crippen LogP contribution in [0.25, 0.3) is 10.2 Å². The lowest BCUT2D eigenvalue weighted by Crippen LogP contribution is -2.13. The Balaban J connectivity index is 1.75. The highest BCUT2D eigenvalue weighted by Crippen LogP contribution is 2.33. The van der Waals surface area contributed by atoms with E-state index in [4.69, 9.17) is 0 Å². The van der Waals surface area contributed by atoms with Crippen LogP contribution in [0.3, 0.4) is 0 Å². The number of halogens is 3. The number of aryl methyl sites for hydroxylation is 2. The van der Waals surface area contributed by atoms with Crippen LogP contribution < -0.4 is 5.32 Å². The molecule has 126 valence electrons. The molecule has 3 aromatic rings. The molecule has 0 aliphatic heterocycles. The van der Waals surface area contributed by atoms with E-state index in [9.17, 15) is 13.2 Å². The summed E-state index contributed by atoms with van der Waals surface area (Å²) in [4.78, 5) is 8.61. The van der Waals surface area contributed by atoms with Gasteiger partial charge < -0.3 is 5.32 Å². The van der Waals surface area contributed by atoms with E-state index in [1.54, 1.807) is 0 Å². The number of thiophene rings is 1. The van der Waals surface area contributed by atoms with Crippen molar-refractivity contribution in [2.75, 3.05) is 11.9 Å². The molecule has 0 saturated carbocycles. The smallest absolute Gasteiger partial charge is 0.369 e. The molecule has 1 N–H and O–H groups in total. The van der Waals surface area contributed by atoms with Crippen molar-refractivity contribution in [3.63, 3.8) is 0 Å². The predicted octanol–water partition coefficient (Wildman–Crippen LogP) is 5.06. The van der Waals surface area contributed by atoms with Crippen LogP contribution in [0, 0.1) is 6.92 Å². The van der Waals surface area contributed by atoms with Gasteiger partial charge in [-0.3, -0.25) is 0 Å². The summed E-state index contributed by atoms with van der Waals surface area (Å²) in [6.45, 7) is 2.39. The number of fused-ring (bicyclic) bond motifs is 1. The Morgan fingerprint density at radius 2 is 1.88 bits per heavy atom. The molecule has 0 amide bonds. The lowest BCUT2D eigenvalue weighted by atomic mass is 10.1. The highest BCUT2D eigenvalue weighted by atomic mass is 32.1. The summed E-state index contributed by atoms with van der Waals surface area (Å²) in [5, 5.41) is 3.68. The molecule has 0 radical (unpaired) electrons. The molecule has 2 heterocycles. The van der Waals surface area contributed by atoms with Crippen molar-refractivity contribution in [3.05, 3.63) is 52.7 Å². The zero-order chi connectivity index (χ0) is 17.2. The monoisotopic (exact) mass is 351 g/mol. The Morgan fingerprint density at radius 1 is 1.12 bits per heavy atom. The Labute approximate surface area is 141 Å². The van der Waals surface area contributed by atoms with E-state index in [1.807, 2.05) is 43.3 Å². The summed E-state index contributed by atoms with van der Waals surface area (Å²) in [6, 6.07) is 11.8. The number of alkyl halides is 3. The Hall–Kier alpha value is -2.15. The summed E-state index contributed by atoms with van der Waals surface area (Å²) in [6.07, 6.45) is -2.89. The van der Waals surface area contributed by atoms with E-state index in [1.165, 1.54) is 16.9 Å². The van der Waals surface area contributed by atoms with Crippen LogP contribution in [0.5, 0.6) is 0 Å². The average Bonchev–Trinajstić information content (AvgIpc) is 2.92. The van der Waals surface area contributed by atoms with Gasteiger partial charge in [-0.05, 0) is 31.4 Å². The third-order valence-electron chi connectivity index (χ3n) is 3.55. The van der Waals surface area contributed by atoms with E-state index in [0.717, 1.165) is 17.7 Å². The SMILES string of the molecule is Cc1cc2c(NCCCc3ccccc3)nc(C(F)(F)F)nc2s1. The summed E-state index contributed by atoms with van der Waals surface area (Å²) in [5.41, 5.74) is 1.20. The minimum atomic E-state index is -4.55. The first-order chi connectivity index (χ1) is 11.4. The molecule has 0 aliphatic carbocycles. The van der Waals surface area contributed by atoms with Crippen molar-refractivity contribution in [2.24, 2.45) is 0 Å². The highest BCUT2D eigenvalue weighted by Gasteiger charge is 2.35. The maximum Gasteiger partial charge on any atom is 0.451 e. The summed E-state index contributed by atoms with van der Waals surface area (Å²) < 4.78 is 38.9. The van der Waals surface area contributed by atoms with Crippen LogP contribution in [0.2, 0.25) is 0 Å². The number of hydrogen-bond donors (Lipinski definition) is 1. The Bertz CT molecular complexity index is 828. The van der Waals surface area contributed by atoms with Gasteiger partial charge in [0.25, 0.3) is 0 Å². The molecule has 0 unspecified atom stereocenters. The molecule has 0 saturated heterocycles. The van der Waals surface area contributed by atoms with Crippen LogP contribution >= 0.6 is 11.3 Å². The zero-order valence-electron chi connectivity index (χ0n) is 13.0. The van der Waals surface area contributed by atoms with Crippen molar-refractivity contribution in [1.82, 2.24) is 9.97 Å². The van der Waals surface area contributed by atoms with Crippen molar-refractivity contribution < 1.29 is 13.2 Å².